The van der Waals surface area contributed by atoms with E-state index in [1.54, 1.807) is 23.5 Å². The zero-order valence-corrected chi connectivity index (χ0v) is 13.1. The van der Waals surface area contributed by atoms with Crippen molar-refractivity contribution in [3.63, 3.8) is 0 Å². The van der Waals surface area contributed by atoms with Gasteiger partial charge in [0.05, 0.1) is 5.69 Å². The smallest absolute Gasteiger partial charge is 0.225 e. The largest absolute Gasteiger partial charge is 0.325 e. The Hall–Kier alpha value is -2.46. The van der Waals surface area contributed by atoms with Gasteiger partial charge >= 0.3 is 0 Å². The van der Waals surface area contributed by atoms with Gasteiger partial charge in [0.1, 0.15) is 5.82 Å². The van der Waals surface area contributed by atoms with Crippen molar-refractivity contribution in [3.8, 4) is 11.1 Å². The highest BCUT2D eigenvalue weighted by atomic mass is 32.1. The number of amides is 1. The van der Waals surface area contributed by atoms with Crippen LogP contribution in [0.5, 0.6) is 0 Å². The summed E-state index contributed by atoms with van der Waals surface area (Å²) in [5.74, 6) is -0.156. The van der Waals surface area contributed by atoms with E-state index in [1.165, 1.54) is 12.1 Å². The summed E-state index contributed by atoms with van der Waals surface area (Å²) < 4.78 is 13.1. The van der Waals surface area contributed by atoms with Crippen LogP contribution in [-0.4, -0.2) is 5.91 Å². The first-order valence-corrected chi connectivity index (χ1v) is 8.32. The maximum absolute atomic E-state index is 13.1. The lowest BCUT2D eigenvalue weighted by Crippen LogP contribution is -2.22. The first kappa shape index (κ1) is 14.2. The number of hydrogen-bond donors (Lipinski definition) is 1. The second kappa shape index (κ2) is 5.63. The average molecular weight is 323 g/mol. The monoisotopic (exact) mass is 323 g/mol. The van der Waals surface area contributed by atoms with E-state index in [0.29, 0.717) is 6.42 Å². The lowest BCUT2D eigenvalue weighted by molar-refractivity contribution is -0.116. The molecule has 1 N–H and O–H groups in total. The fourth-order valence-electron chi connectivity index (χ4n) is 3.02. The minimum absolute atomic E-state index is 0.0214. The Morgan fingerprint density at radius 2 is 1.78 bits per heavy atom. The molecule has 2 heterocycles. The van der Waals surface area contributed by atoms with Crippen LogP contribution in [0.1, 0.15) is 22.8 Å². The zero-order chi connectivity index (χ0) is 15.8. The highest BCUT2D eigenvalue weighted by Gasteiger charge is 2.30. The molecule has 2 aromatic carbocycles. The third-order valence-electron chi connectivity index (χ3n) is 4.15. The van der Waals surface area contributed by atoms with Gasteiger partial charge in [0.15, 0.2) is 0 Å². The normalized spacial score (nSPS) is 16.7. The summed E-state index contributed by atoms with van der Waals surface area (Å²) in [6.07, 6.45) is 0.459. The van der Waals surface area contributed by atoms with Crippen molar-refractivity contribution in [2.24, 2.45) is 0 Å². The van der Waals surface area contributed by atoms with Gasteiger partial charge in [-0.1, -0.05) is 42.5 Å². The number of thiophene rings is 1. The first-order chi connectivity index (χ1) is 11.2. The molecule has 1 aliphatic rings. The molecule has 4 heteroatoms. The van der Waals surface area contributed by atoms with Gasteiger partial charge in [-0.2, -0.15) is 0 Å². The van der Waals surface area contributed by atoms with Crippen LogP contribution < -0.4 is 5.32 Å². The highest BCUT2D eigenvalue weighted by Crippen LogP contribution is 2.46. The van der Waals surface area contributed by atoms with E-state index in [-0.39, 0.29) is 17.6 Å². The van der Waals surface area contributed by atoms with Crippen LogP contribution in [0.3, 0.4) is 0 Å². The van der Waals surface area contributed by atoms with Crippen molar-refractivity contribution in [1.82, 2.24) is 0 Å². The molecular formula is C19H14FNOS. The molecule has 1 amide bonds. The summed E-state index contributed by atoms with van der Waals surface area (Å²) in [6, 6.07) is 16.5. The number of benzene rings is 2. The van der Waals surface area contributed by atoms with Crippen molar-refractivity contribution in [2.75, 3.05) is 5.32 Å². The maximum Gasteiger partial charge on any atom is 0.225 e. The van der Waals surface area contributed by atoms with E-state index >= 15 is 0 Å². The third-order valence-corrected chi connectivity index (χ3v) is 5.24. The van der Waals surface area contributed by atoms with E-state index in [1.807, 2.05) is 23.6 Å². The number of hydrogen-bond acceptors (Lipinski definition) is 2. The van der Waals surface area contributed by atoms with Crippen LogP contribution >= 0.6 is 11.3 Å². The average Bonchev–Trinajstić information content (AvgIpc) is 2.99. The van der Waals surface area contributed by atoms with Gasteiger partial charge in [-0.15, -0.1) is 11.3 Å². The third kappa shape index (κ3) is 2.55. The Morgan fingerprint density at radius 3 is 2.52 bits per heavy atom. The van der Waals surface area contributed by atoms with Crippen molar-refractivity contribution >= 4 is 22.9 Å². The van der Waals surface area contributed by atoms with Crippen LogP contribution in [0.15, 0.2) is 60.0 Å². The van der Waals surface area contributed by atoms with Gasteiger partial charge in [-0.05, 0) is 23.3 Å². The summed E-state index contributed by atoms with van der Waals surface area (Å²) in [5.41, 5.74) is 3.89. The molecular weight excluding hydrogens is 309 g/mol. The second-order valence-corrected chi connectivity index (χ2v) is 6.52. The molecule has 1 atom stereocenters. The van der Waals surface area contributed by atoms with E-state index in [0.717, 1.165) is 27.3 Å². The predicted octanol–water partition coefficient (Wildman–Crippen LogP) is 5.03. The second-order valence-electron chi connectivity index (χ2n) is 5.61. The number of carbonyl (C=O) groups is 1. The number of carbonyl (C=O) groups excluding carboxylic acids is 1. The summed E-state index contributed by atoms with van der Waals surface area (Å²) in [6.45, 7) is 0. The molecule has 0 saturated heterocycles. The number of nitrogens with one attached hydrogen (secondary N) is 1. The molecule has 0 radical (unpaired) electrons. The van der Waals surface area contributed by atoms with E-state index < -0.39 is 0 Å². The maximum atomic E-state index is 13.1. The summed E-state index contributed by atoms with van der Waals surface area (Å²) >= 11 is 1.65. The van der Waals surface area contributed by atoms with Crippen LogP contribution in [0.4, 0.5) is 10.1 Å². The Balaban J connectivity index is 1.81. The summed E-state index contributed by atoms with van der Waals surface area (Å²) in [4.78, 5) is 13.3. The van der Waals surface area contributed by atoms with Crippen LogP contribution in [0.25, 0.3) is 11.1 Å². The van der Waals surface area contributed by atoms with Crippen molar-refractivity contribution < 1.29 is 9.18 Å². The predicted molar refractivity (Wildman–Crippen MR) is 91.2 cm³/mol. The molecule has 0 spiro atoms. The Bertz CT molecular complexity index is 855. The first-order valence-electron chi connectivity index (χ1n) is 7.44. The van der Waals surface area contributed by atoms with Crippen molar-refractivity contribution in [2.45, 2.75) is 12.3 Å². The van der Waals surface area contributed by atoms with Crippen molar-refractivity contribution in [3.05, 3.63) is 76.2 Å². The molecule has 0 fully saturated rings. The standard InChI is InChI=1S/C19H14FNOS/c20-14-8-6-13(7-9-14)16-11-23-19-15(10-17(22)21-18(16)19)12-4-2-1-3-5-12/h1-9,11,15H,10H2,(H,21,22). The molecule has 0 saturated carbocycles. The quantitative estimate of drug-likeness (QED) is 0.704. The van der Waals surface area contributed by atoms with Gasteiger partial charge in [-0.25, -0.2) is 4.39 Å². The molecule has 0 bridgehead atoms. The van der Waals surface area contributed by atoms with Gasteiger partial charge in [0.2, 0.25) is 5.91 Å². The Kier molecular flexibility index (Phi) is 3.46. The number of fused-ring (bicyclic) bond motifs is 1. The van der Waals surface area contributed by atoms with Crippen LogP contribution in [-0.2, 0) is 4.79 Å². The molecule has 3 aromatic rings. The minimum atomic E-state index is -0.260. The molecule has 4 rings (SSSR count). The molecule has 2 nitrogen and oxygen atoms in total. The fraction of sp³-hybridized carbons (Fsp3) is 0.105. The van der Waals surface area contributed by atoms with Gasteiger partial charge < -0.3 is 5.32 Å². The lowest BCUT2D eigenvalue weighted by Gasteiger charge is -2.23. The number of halogens is 1. The van der Waals surface area contributed by atoms with Gasteiger partial charge in [0.25, 0.3) is 0 Å². The zero-order valence-electron chi connectivity index (χ0n) is 12.3. The SMILES string of the molecule is O=C1CC(c2ccccc2)c2scc(-c3ccc(F)cc3)c2N1. The Morgan fingerprint density at radius 1 is 1.04 bits per heavy atom. The number of anilines is 1. The van der Waals surface area contributed by atoms with Crippen LogP contribution in [0.2, 0.25) is 0 Å². The molecule has 1 aromatic heterocycles. The highest BCUT2D eigenvalue weighted by molar-refractivity contribution is 7.11. The minimum Gasteiger partial charge on any atom is -0.325 e. The molecule has 114 valence electrons. The molecule has 0 aliphatic carbocycles. The Labute approximate surface area is 137 Å². The molecule has 23 heavy (non-hydrogen) atoms. The summed E-state index contributed by atoms with van der Waals surface area (Å²) in [7, 11) is 0. The van der Waals surface area contributed by atoms with Gasteiger partial charge in [-0.3, -0.25) is 4.79 Å². The topological polar surface area (TPSA) is 29.1 Å². The van der Waals surface area contributed by atoms with Gasteiger partial charge in [0, 0.05) is 28.2 Å². The van der Waals surface area contributed by atoms with E-state index in [4.69, 9.17) is 0 Å². The van der Waals surface area contributed by atoms with E-state index in [9.17, 15) is 9.18 Å². The lowest BCUT2D eigenvalue weighted by atomic mass is 9.89. The summed E-state index contributed by atoms with van der Waals surface area (Å²) in [5, 5.41) is 5.04. The molecule has 1 unspecified atom stereocenters. The van der Waals surface area contributed by atoms with Crippen LogP contribution in [0, 0.1) is 5.82 Å². The number of rotatable bonds is 2. The van der Waals surface area contributed by atoms with E-state index in [2.05, 4.69) is 17.4 Å². The molecule has 1 aliphatic heterocycles. The van der Waals surface area contributed by atoms with Crippen molar-refractivity contribution in [1.29, 1.82) is 0 Å². The fourth-order valence-corrected chi connectivity index (χ4v) is 4.18.